The van der Waals surface area contributed by atoms with E-state index in [9.17, 15) is 5.11 Å². The van der Waals surface area contributed by atoms with Gasteiger partial charge in [0, 0.05) is 38.3 Å². The number of rotatable bonds is 4. The summed E-state index contributed by atoms with van der Waals surface area (Å²) in [7, 11) is 0. The highest BCUT2D eigenvalue weighted by Gasteiger charge is 2.49. The molecule has 1 N–H and O–H groups in total. The van der Waals surface area contributed by atoms with Gasteiger partial charge < -0.3 is 9.67 Å². The van der Waals surface area contributed by atoms with Crippen molar-refractivity contribution in [1.29, 1.82) is 0 Å². The summed E-state index contributed by atoms with van der Waals surface area (Å²) < 4.78 is 2.22. The summed E-state index contributed by atoms with van der Waals surface area (Å²) in [4.78, 5) is 6.81. The molecule has 1 saturated carbocycles. The first-order chi connectivity index (χ1) is 12.1. The number of aromatic nitrogens is 2. The van der Waals surface area contributed by atoms with Gasteiger partial charge >= 0.3 is 0 Å². The number of imidazole rings is 1. The molecule has 3 atom stereocenters. The van der Waals surface area contributed by atoms with Crippen molar-refractivity contribution in [2.75, 3.05) is 13.1 Å². The van der Waals surface area contributed by atoms with Gasteiger partial charge in [0.2, 0.25) is 0 Å². The van der Waals surface area contributed by atoms with E-state index in [1.807, 2.05) is 12.5 Å². The second kappa shape index (κ2) is 6.58. The van der Waals surface area contributed by atoms with Crippen LogP contribution in [0.25, 0.3) is 0 Å². The Morgan fingerprint density at radius 3 is 2.80 bits per heavy atom. The van der Waals surface area contributed by atoms with Crippen molar-refractivity contribution >= 4 is 0 Å². The second-order valence-electron chi connectivity index (χ2n) is 7.91. The quantitative estimate of drug-likeness (QED) is 0.929. The van der Waals surface area contributed by atoms with E-state index in [0.717, 1.165) is 44.6 Å². The van der Waals surface area contributed by atoms with Crippen LogP contribution in [0.4, 0.5) is 0 Å². The van der Waals surface area contributed by atoms with Crippen LogP contribution in [0, 0.1) is 18.8 Å². The van der Waals surface area contributed by atoms with Crippen LogP contribution in [0.2, 0.25) is 0 Å². The Kier molecular flexibility index (Phi) is 4.42. The van der Waals surface area contributed by atoms with E-state index in [1.165, 1.54) is 17.7 Å². The lowest BCUT2D eigenvalue weighted by atomic mass is 9.67. The first-order valence-corrected chi connectivity index (χ1v) is 9.61. The minimum atomic E-state index is -0.670. The summed E-state index contributed by atoms with van der Waals surface area (Å²) in [5.74, 6) is 0.931. The molecule has 0 radical (unpaired) electrons. The molecular weight excluding hydrogens is 310 g/mol. The van der Waals surface area contributed by atoms with E-state index in [1.54, 1.807) is 0 Å². The molecule has 0 unspecified atom stereocenters. The number of nitrogens with zero attached hydrogens (tertiary/aromatic N) is 3. The molecule has 2 heterocycles. The highest BCUT2D eigenvalue weighted by atomic mass is 16.3. The van der Waals surface area contributed by atoms with E-state index in [0.29, 0.717) is 11.8 Å². The number of aliphatic hydroxyl groups is 1. The molecule has 1 aliphatic heterocycles. The molecule has 1 saturated heterocycles. The van der Waals surface area contributed by atoms with Crippen molar-refractivity contribution in [3.63, 3.8) is 0 Å². The normalized spacial score (nSPS) is 29.7. The van der Waals surface area contributed by atoms with Crippen LogP contribution in [-0.4, -0.2) is 32.6 Å². The van der Waals surface area contributed by atoms with Gasteiger partial charge in [-0.25, -0.2) is 4.98 Å². The van der Waals surface area contributed by atoms with Crippen LogP contribution in [0.3, 0.4) is 0 Å². The lowest BCUT2D eigenvalue weighted by Gasteiger charge is -2.41. The Morgan fingerprint density at radius 2 is 2.04 bits per heavy atom. The van der Waals surface area contributed by atoms with Gasteiger partial charge in [0.1, 0.15) is 0 Å². The van der Waals surface area contributed by atoms with E-state index < -0.39 is 5.60 Å². The largest absolute Gasteiger partial charge is 0.385 e. The van der Waals surface area contributed by atoms with Gasteiger partial charge in [-0.2, -0.15) is 0 Å². The van der Waals surface area contributed by atoms with Crippen LogP contribution >= 0.6 is 0 Å². The SMILES string of the molecule is CCn1cncc1CN1C[C@@H]2CCC[C@](O)(c3ccc(C)cc3)[C@H]2C1. The minimum absolute atomic E-state index is 0.335. The number of likely N-dealkylation sites (tertiary alicyclic amines) is 1. The summed E-state index contributed by atoms with van der Waals surface area (Å²) in [6, 6.07) is 8.52. The standard InChI is InChI=1S/C21H29N3O/c1-3-24-15-22-11-19(24)13-23-12-17-5-4-10-21(25,20(17)14-23)18-8-6-16(2)7-9-18/h6-9,11,15,17,20,25H,3-5,10,12-14H2,1-2H3/t17-,20-,21-/m0/s1. The molecule has 1 aromatic heterocycles. The van der Waals surface area contributed by atoms with Crippen LogP contribution in [0.5, 0.6) is 0 Å². The minimum Gasteiger partial charge on any atom is -0.385 e. The van der Waals surface area contributed by atoms with Crippen LogP contribution in [-0.2, 0) is 18.7 Å². The summed E-state index contributed by atoms with van der Waals surface area (Å²) in [5.41, 5.74) is 2.96. The number of hydrogen-bond donors (Lipinski definition) is 1. The van der Waals surface area contributed by atoms with Crippen molar-refractivity contribution < 1.29 is 5.11 Å². The number of aryl methyl sites for hydroxylation is 2. The van der Waals surface area contributed by atoms with Gasteiger partial charge in [0.25, 0.3) is 0 Å². The van der Waals surface area contributed by atoms with Crippen molar-refractivity contribution in [1.82, 2.24) is 14.5 Å². The van der Waals surface area contributed by atoms with Crippen molar-refractivity contribution in [3.8, 4) is 0 Å². The number of hydrogen-bond acceptors (Lipinski definition) is 3. The molecule has 0 spiro atoms. The maximum absolute atomic E-state index is 11.6. The van der Waals surface area contributed by atoms with Crippen molar-refractivity contribution in [2.24, 2.45) is 11.8 Å². The fourth-order valence-electron chi connectivity index (χ4n) is 4.94. The van der Waals surface area contributed by atoms with E-state index in [-0.39, 0.29) is 0 Å². The zero-order valence-corrected chi connectivity index (χ0v) is 15.4. The van der Waals surface area contributed by atoms with Gasteiger partial charge in [-0.15, -0.1) is 0 Å². The molecule has 4 rings (SSSR count). The fourth-order valence-corrected chi connectivity index (χ4v) is 4.94. The third-order valence-electron chi connectivity index (χ3n) is 6.34. The first kappa shape index (κ1) is 16.8. The van der Waals surface area contributed by atoms with Gasteiger partial charge in [-0.05, 0) is 44.6 Å². The molecule has 2 fully saturated rings. The smallest absolute Gasteiger partial charge is 0.0948 e. The van der Waals surface area contributed by atoms with E-state index in [4.69, 9.17) is 0 Å². The van der Waals surface area contributed by atoms with Gasteiger partial charge in [0.15, 0.2) is 0 Å². The second-order valence-corrected chi connectivity index (χ2v) is 7.91. The molecule has 4 nitrogen and oxygen atoms in total. The summed E-state index contributed by atoms with van der Waals surface area (Å²) >= 11 is 0. The van der Waals surface area contributed by atoms with Gasteiger partial charge in [-0.1, -0.05) is 29.8 Å². The number of fused-ring (bicyclic) bond motifs is 1. The third kappa shape index (κ3) is 3.02. The van der Waals surface area contributed by atoms with Gasteiger partial charge in [0.05, 0.1) is 17.6 Å². The zero-order valence-electron chi connectivity index (χ0n) is 15.4. The molecule has 0 amide bonds. The molecule has 0 bridgehead atoms. The molecule has 1 aliphatic carbocycles. The maximum Gasteiger partial charge on any atom is 0.0948 e. The van der Waals surface area contributed by atoms with E-state index in [2.05, 4.69) is 52.6 Å². The highest BCUT2D eigenvalue weighted by molar-refractivity contribution is 5.28. The molecular formula is C21H29N3O. The molecule has 134 valence electrons. The Morgan fingerprint density at radius 1 is 1.24 bits per heavy atom. The predicted molar refractivity (Wildman–Crippen MR) is 99.1 cm³/mol. The van der Waals surface area contributed by atoms with Crippen molar-refractivity contribution in [3.05, 3.63) is 53.6 Å². The maximum atomic E-state index is 11.6. The Labute approximate surface area is 150 Å². The van der Waals surface area contributed by atoms with E-state index >= 15 is 0 Å². The highest BCUT2D eigenvalue weighted by Crippen LogP contribution is 2.48. The lowest BCUT2D eigenvalue weighted by Crippen LogP contribution is -2.42. The predicted octanol–water partition coefficient (Wildman–Crippen LogP) is 3.33. The Hall–Kier alpha value is -1.65. The lowest BCUT2D eigenvalue weighted by molar-refractivity contribution is -0.0648. The monoisotopic (exact) mass is 339 g/mol. The fraction of sp³-hybridized carbons (Fsp3) is 0.571. The van der Waals surface area contributed by atoms with Crippen LogP contribution in [0.15, 0.2) is 36.8 Å². The topological polar surface area (TPSA) is 41.3 Å². The Bertz CT molecular complexity index is 723. The molecule has 1 aromatic carbocycles. The summed E-state index contributed by atoms with van der Waals surface area (Å²) in [5, 5.41) is 11.6. The van der Waals surface area contributed by atoms with Crippen LogP contribution in [0.1, 0.15) is 43.0 Å². The number of benzene rings is 1. The van der Waals surface area contributed by atoms with Crippen LogP contribution < -0.4 is 0 Å². The average molecular weight is 339 g/mol. The third-order valence-corrected chi connectivity index (χ3v) is 6.34. The zero-order chi connectivity index (χ0) is 17.4. The molecule has 25 heavy (non-hydrogen) atoms. The average Bonchev–Trinajstić information content (AvgIpc) is 3.23. The summed E-state index contributed by atoms with van der Waals surface area (Å²) in [6.45, 7) is 8.22. The molecule has 4 heteroatoms. The Balaban J connectivity index is 1.55. The first-order valence-electron chi connectivity index (χ1n) is 9.61. The summed E-state index contributed by atoms with van der Waals surface area (Å²) in [6.07, 6.45) is 7.14. The molecule has 2 aromatic rings. The van der Waals surface area contributed by atoms with Gasteiger partial charge in [-0.3, -0.25) is 4.90 Å². The van der Waals surface area contributed by atoms with Crippen molar-refractivity contribution in [2.45, 2.75) is 51.8 Å². The molecule has 2 aliphatic rings.